The summed E-state index contributed by atoms with van der Waals surface area (Å²) >= 11 is 0. The molecule has 1 aliphatic rings. The van der Waals surface area contributed by atoms with Crippen molar-refractivity contribution in [1.82, 2.24) is 10.2 Å². The van der Waals surface area contributed by atoms with Crippen molar-refractivity contribution in [2.45, 2.75) is 58.0 Å². The van der Waals surface area contributed by atoms with Crippen molar-refractivity contribution in [3.63, 3.8) is 0 Å². The zero-order valence-corrected chi connectivity index (χ0v) is 12.1. The Kier molecular flexibility index (Phi) is 6.65. The van der Waals surface area contributed by atoms with Gasteiger partial charge in [-0.3, -0.25) is 4.79 Å². The van der Waals surface area contributed by atoms with E-state index in [1.165, 1.54) is 25.7 Å². The molecule has 0 heterocycles. The van der Waals surface area contributed by atoms with Crippen LogP contribution in [0.1, 0.15) is 46.0 Å². The monoisotopic (exact) mass is 255 g/mol. The van der Waals surface area contributed by atoms with Gasteiger partial charge in [-0.2, -0.15) is 0 Å². The van der Waals surface area contributed by atoms with Crippen LogP contribution in [-0.4, -0.2) is 43.0 Å². The maximum Gasteiger partial charge on any atom is 0.235 e. The van der Waals surface area contributed by atoms with Gasteiger partial charge in [-0.15, -0.1) is 0 Å². The van der Waals surface area contributed by atoms with E-state index in [0.29, 0.717) is 6.04 Å². The number of nitrogens with zero attached hydrogens (tertiary/aromatic N) is 1. The lowest BCUT2D eigenvalue weighted by Gasteiger charge is -2.37. The standard InChI is InChI=1S/C14H29N3O/c1-4-9-16-12(14(15)18)10-17(3)13-8-6-5-7-11(13)2/h11-13,16H,4-10H2,1-3H3,(H2,15,18). The minimum atomic E-state index is -0.237. The van der Waals surface area contributed by atoms with E-state index in [4.69, 9.17) is 5.73 Å². The Morgan fingerprint density at radius 1 is 1.44 bits per heavy atom. The van der Waals surface area contributed by atoms with Crippen molar-refractivity contribution in [3.8, 4) is 0 Å². The van der Waals surface area contributed by atoms with Gasteiger partial charge in [0.05, 0.1) is 6.04 Å². The van der Waals surface area contributed by atoms with Gasteiger partial charge in [-0.25, -0.2) is 0 Å². The summed E-state index contributed by atoms with van der Waals surface area (Å²) in [6, 6.07) is 0.383. The maximum atomic E-state index is 11.4. The first kappa shape index (κ1) is 15.4. The molecule has 1 aliphatic carbocycles. The van der Waals surface area contributed by atoms with Crippen molar-refractivity contribution in [1.29, 1.82) is 0 Å². The van der Waals surface area contributed by atoms with Gasteiger partial charge in [-0.1, -0.05) is 26.7 Å². The summed E-state index contributed by atoms with van der Waals surface area (Å²) in [7, 11) is 2.12. The average molecular weight is 255 g/mol. The van der Waals surface area contributed by atoms with Gasteiger partial charge in [0.1, 0.15) is 0 Å². The van der Waals surface area contributed by atoms with E-state index in [1.807, 2.05) is 0 Å². The zero-order chi connectivity index (χ0) is 13.5. The molecule has 1 fully saturated rings. The lowest BCUT2D eigenvalue weighted by Crippen LogP contribution is -2.52. The van der Waals surface area contributed by atoms with Crippen LogP contribution in [0, 0.1) is 5.92 Å². The third kappa shape index (κ3) is 4.58. The van der Waals surface area contributed by atoms with Crippen molar-refractivity contribution in [2.75, 3.05) is 20.1 Å². The number of rotatable bonds is 7. The van der Waals surface area contributed by atoms with Gasteiger partial charge >= 0.3 is 0 Å². The summed E-state index contributed by atoms with van der Waals surface area (Å²) in [6.07, 6.45) is 6.23. The van der Waals surface area contributed by atoms with Gasteiger partial charge in [0, 0.05) is 12.6 Å². The summed E-state index contributed by atoms with van der Waals surface area (Å²) in [6.45, 7) is 5.99. The summed E-state index contributed by atoms with van der Waals surface area (Å²) in [5, 5.41) is 3.24. The Labute approximate surface area is 111 Å². The maximum absolute atomic E-state index is 11.4. The second-order valence-corrected chi connectivity index (χ2v) is 5.68. The van der Waals surface area contributed by atoms with Crippen molar-refractivity contribution in [3.05, 3.63) is 0 Å². The predicted octanol–water partition coefficient (Wildman–Crippen LogP) is 1.35. The van der Waals surface area contributed by atoms with Gasteiger partial charge in [0.15, 0.2) is 0 Å². The molecule has 3 N–H and O–H groups in total. The van der Waals surface area contributed by atoms with E-state index in [1.54, 1.807) is 0 Å². The topological polar surface area (TPSA) is 58.4 Å². The molecular weight excluding hydrogens is 226 g/mol. The number of hydrogen-bond acceptors (Lipinski definition) is 3. The van der Waals surface area contributed by atoms with Gasteiger partial charge in [0.25, 0.3) is 0 Å². The Hall–Kier alpha value is -0.610. The van der Waals surface area contributed by atoms with Crippen molar-refractivity contribution >= 4 is 5.91 Å². The van der Waals surface area contributed by atoms with Crippen LogP contribution in [0.15, 0.2) is 0 Å². The van der Waals surface area contributed by atoms with Crippen LogP contribution in [0.4, 0.5) is 0 Å². The molecule has 0 aromatic rings. The first-order valence-electron chi connectivity index (χ1n) is 7.29. The number of likely N-dealkylation sites (N-methyl/N-ethyl adjacent to an activating group) is 1. The van der Waals surface area contributed by atoms with Crippen LogP contribution >= 0.6 is 0 Å². The fourth-order valence-electron chi connectivity index (χ4n) is 2.95. The zero-order valence-electron chi connectivity index (χ0n) is 12.1. The molecule has 0 saturated heterocycles. The summed E-state index contributed by atoms with van der Waals surface area (Å²) in [5.41, 5.74) is 5.46. The number of primary amides is 1. The summed E-state index contributed by atoms with van der Waals surface area (Å²) in [4.78, 5) is 13.8. The number of nitrogens with two attached hydrogens (primary N) is 1. The Balaban J connectivity index is 2.48. The second-order valence-electron chi connectivity index (χ2n) is 5.68. The molecule has 4 heteroatoms. The average Bonchev–Trinajstić information content (AvgIpc) is 2.34. The molecule has 0 spiro atoms. The third-order valence-corrected chi connectivity index (χ3v) is 4.09. The molecule has 4 nitrogen and oxygen atoms in total. The van der Waals surface area contributed by atoms with E-state index in [9.17, 15) is 4.79 Å². The summed E-state index contributed by atoms with van der Waals surface area (Å²) in [5.74, 6) is 0.488. The van der Waals surface area contributed by atoms with Crippen LogP contribution in [0.3, 0.4) is 0 Å². The fourth-order valence-corrected chi connectivity index (χ4v) is 2.95. The van der Waals surface area contributed by atoms with Crippen molar-refractivity contribution in [2.24, 2.45) is 11.7 Å². The van der Waals surface area contributed by atoms with Gasteiger partial charge in [0.2, 0.25) is 5.91 Å². The molecule has 0 bridgehead atoms. The van der Waals surface area contributed by atoms with E-state index in [-0.39, 0.29) is 11.9 Å². The van der Waals surface area contributed by atoms with Crippen LogP contribution < -0.4 is 11.1 Å². The summed E-state index contributed by atoms with van der Waals surface area (Å²) < 4.78 is 0. The highest BCUT2D eigenvalue weighted by atomic mass is 16.1. The van der Waals surface area contributed by atoms with Crippen molar-refractivity contribution < 1.29 is 4.79 Å². The highest BCUT2D eigenvalue weighted by molar-refractivity contribution is 5.80. The van der Waals surface area contributed by atoms with Gasteiger partial charge in [-0.05, 0) is 38.8 Å². The number of carbonyl (C=O) groups excluding carboxylic acids is 1. The second kappa shape index (κ2) is 7.74. The van der Waals surface area contributed by atoms with Crippen LogP contribution in [0.25, 0.3) is 0 Å². The molecular formula is C14H29N3O. The molecule has 106 valence electrons. The number of amides is 1. The van der Waals surface area contributed by atoms with E-state index in [2.05, 4.69) is 31.1 Å². The highest BCUT2D eigenvalue weighted by Gasteiger charge is 2.27. The smallest absolute Gasteiger partial charge is 0.235 e. The first-order valence-corrected chi connectivity index (χ1v) is 7.29. The molecule has 1 amide bonds. The number of nitrogens with one attached hydrogen (secondary N) is 1. The molecule has 0 aliphatic heterocycles. The van der Waals surface area contributed by atoms with E-state index < -0.39 is 0 Å². The number of hydrogen-bond donors (Lipinski definition) is 2. The lowest BCUT2D eigenvalue weighted by molar-refractivity contribution is -0.120. The SMILES string of the molecule is CCCNC(CN(C)C1CCCCC1C)C(N)=O. The largest absolute Gasteiger partial charge is 0.368 e. The van der Waals surface area contributed by atoms with Gasteiger partial charge < -0.3 is 16.0 Å². The Morgan fingerprint density at radius 3 is 2.67 bits per heavy atom. The third-order valence-electron chi connectivity index (χ3n) is 4.09. The van der Waals surface area contributed by atoms with Crippen LogP contribution in [0.2, 0.25) is 0 Å². The normalized spacial score (nSPS) is 26.2. The quantitative estimate of drug-likeness (QED) is 0.722. The first-order chi connectivity index (χ1) is 8.56. The fraction of sp³-hybridized carbons (Fsp3) is 0.929. The van der Waals surface area contributed by atoms with Crippen LogP contribution in [-0.2, 0) is 4.79 Å². The molecule has 0 radical (unpaired) electrons. The van der Waals surface area contributed by atoms with E-state index in [0.717, 1.165) is 25.4 Å². The minimum Gasteiger partial charge on any atom is -0.368 e. The Bertz CT molecular complexity index is 257. The Morgan fingerprint density at radius 2 is 2.11 bits per heavy atom. The molecule has 3 atom stereocenters. The molecule has 1 rings (SSSR count). The number of carbonyl (C=O) groups is 1. The lowest BCUT2D eigenvalue weighted by atomic mass is 9.85. The van der Waals surface area contributed by atoms with Crippen LogP contribution in [0.5, 0.6) is 0 Å². The van der Waals surface area contributed by atoms with E-state index >= 15 is 0 Å². The predicted molar refractivity (Wildman–Crippen MR) is 75.3 cm³/mol. The molecule has 3 unspecified atom stereocenters. The molecule has 1 saturated carbocycles. The molecule has 0 aromatic heterocycles. The molecule has 18 heavy (non-hydrogen) atoms. The molecule has 0 aromatic carbocycles. The highest BCUT2D eigenvalue weighted by Crippen LogP contribution is 2.27. The minimum absolute atomic E-state index is 0.218.